The van der Waals surface area contributed by atoms with Crippen LogP contribution in [0.4, 0.5) is 0 Å². The van der Waals surface area contributed by atoms with E-state index >= 15 is 0 Å². The lowest BCUT2D eigenvalue weighted by Crippen LogP contribution is -2.34. The number of pyridine rings is 1. The van der Waals surface area contributed by atoms with E-state index in [0.717, 1.165) is 25.0 Å². The van der Waals surface area contributed by atoms with Crippen LogP contribution in [0.5, 0.6) is 0 Å². The summed E-state index contributed by atoms with van der Waals surface area (Å²) in [5.41, 5.74) is 3.74. The standard InChI is InChI=1S/C12H16N4/c1-2-13-9-3-4-10-8(5-9)6-14-12-11(10)7-15-16-12/h6-7,9,13H,2-5H2,1H3,(H,14,15,16). The van der Waals surface area contributed by atoms with Crippen LogP contribution >= 0.6 is 0 Å². The zero-order valence-electron chi connectivity index (χ0n) is 9.45. The first-order chi connectivity index (χ1) is 7.88. The lowest BCUT2D eigenvalue weighted by atomic mass is 9.88. The monoisotopic (exact) mass is 216 g/mol. The average Bonchev–Trinajstić information content (AvgIpc) is 2.77. The molecule has 1 aliphatic carbocycles. The van der Waals surface area contributed by atoms with Crippen LogP contribution in [0.1, 0.15) is 24.5 Å². The molecule has 1 atom stereocenters. The molecule has 0 saturated heterocycles. The number of hydrogen-bond donors (Lipinski definition) is 2. The molecule has 0 radical (unpaired) electrons. The molecule has 4 heteroatoms. The highest BCUT2D eigenvalue weighted by Gasteiger charge is 2.20. The molecule has 0 aliphatic heterocycles. The molecule has 2 aromatic heterocycles. The molecule has 4 nitrogen and oxygen atoms in total. The van der Waals surface area contributed by atoms with E-state index < -0.39 is 0 Å². The predicted octanol–water partition coefficient (Wildman–Crippen LogP) is 1.42. The fraction of sp³-hybridized carbons (Fsp3) is 0.500. The Balaban J connectivity index is 1.99. The summed E-state index contributed by atoms with van der Waals surface area (Å²) in [7, 11) is 0. The Kier molecular flexibility index (Phi) is 2.36. The molecule has 2 heterocycles. The first kappa shape index (κ1) is 9.78. The lowest BCUT2D eigenvalue weighted by Gasteiger charge is -2.25. The number of aromatic nitrogens is 3. The van der Waals surface area contributed by atoms with E-state index in [1.807, 2.05) is 12.4 Å². The fourth-order valence-electron chi connectivity index (χ4n) is 2.61. The van der Waals surface area contributed by atoms with E-state index in [4.69, 9.17) is 0 Å². The van der Waals surface area contributed by atoms with Crippen molar-refractivity contribution in [3.63, 3.8) is 0 Å². The Morgan fingerprint density at radius 3 is 3.31 bits per heavy atom. The maximum absolute atomic E-state index is 4.40. The van der Waals surface area contributed by atoms with Gasteiger partial charge in [0.05, 0.1) is 6.20 Å². The van der Waals surface area contributed by atoms with Gasteiger partial charge in [0.2, 0.25) is 0 Å². The van der Waals surface area contributed by atoms with Crippen LogP contribution in [-0.4, -0.2) is 27.8 Å². The Hall–Kier alpha value is -1.42. The van der Waals surface area contributed by atoms with Crippen LogP contribution in [0.3, 0.4) is 0 Å². The Morgan fingerprint density at radius 2 is 2.44 bits per heavy atom. The smallest absolute Gasteiger partial charge is 0.155 e. The molecule has 84 valence electrons. The molecule has 1 unspecified atom stereocenters. The number of hydrogen-bond acceptors (Lipinski definition) is 3. The van der Waals surface area contributed by atoms with E-state index in [9.17, 15) is 0 Å². The van der Waals surface area contributed by atoms with Gasteiger partial charge >= 0.3 is 0 Å². The number of nitrogens with one attached hydrogen (secondary N) is 2. The minimum absolute atomic E-state index is 0.614. The molecule has 2 N–H and O–H groups in total. The van der Waals surface area contributed by atoms with Gasteiger partial charge in [0.1, 0.15) is 0 Å². The largest absolute Gasteiger partial charge is 0.314 e. The van der Waals surface area contributed by atoms with E-state index in [2.05, 4.69) is 27.4 Å². The summed E-state index contributed by atoms with van der Waals surface area (Å²) in [4.78, 5) is 4.40. The van der Waals surface area contributed by atoms with Gasteiger partial charge in [-0.3, -0.25) is 5.10 Å². The zero-order valence-corrected chi connectivity index (χ0v) is 9.45. The van der Waals surface area contributed by atoms with Crippen molar-refractivity contribution >= 4 is 11.0 Å². The summed E-state index contributed by atoms with van der Waals surface area (Å²) in [6.45, 7) is 3.20. The number of nitrogens with zero attached hydrogens (tertiary/aromatic N) is 2. The predicted molar refractivity (Wildman–Crippen MR) is 63.4 cm³/mol. The van der Waals surface area contributed by atoms with Crippen LogP contribution in [0.2, 0.25) is 0 Å². The molecule has 16 heavy (non-hydrogen) atoms. The maximum Gasteiger partial charge on any atom is 0.155 e. The van der Waals surface area contributed by atoms with E-state index in [1.165, 1.54) is 22.9 Å². The maximum atomic E-state index is 4.40. The molecule has 2 aromatic rings. The molecule has 0 bridgehead atoms. The Bertz CT molecular complexity index is 503. The second-order valence-electron chi connectivity index (χ2n) is 4.39. The van der Waals surface area contributed by atoms with Gasteiger partial charge in [0.15, 0.2) is 5.65 Å². The van der Waals surface area contributed by atoms with Crippen molar-refractivity contribution in [1.29, 1.82) is 0 Å². The van der Waals surface area contributed by atoms with Gasteiger partial charge < -0.3 is 5.32 Å². The van der Waals surface area contributed by atoms with Crippen molar-refractivity contribution < 1.29 is 0 Å². The Labute approximate surface area is 94.5 Å². The van der Waals surface area contributed by atoms with E-state index in [1.54, 1.807) is 0 Å². The average molecular weight is 216 g/mol. The summed E-state index contributed by atoms with van der Waals surface area (Å²) in [5, 5.41) is 11.7. The SMILES string of the molecule is CCNC1CCc2c(cnc3[nH]ncc23)C1. The molecule has 0 aromatic carbocycles. The minimum Gasteiger partial charge on any atom is -0.314 e. The highest BCUT2D eigenvalue weighted by Crippen LogP contribution is 2.26. The van der Waals surface area contributed by atoms with Gasteiger partial charge in [-0.2, -0.15) is 5.10 Å². The number of likely N-dealkylation sites (N-methyl/N-ethyl adjacent to an activating group) is 1. The number of aryl methyl sites for hydroxylation is 1. The minimum atomic E-state index is 0.614. The van der Waals surface area contributed by atoms with Crippen molar-refractivity contribution in [1.82, 2.24) is 20.5 Å². The summed E-state index contributed by atoms with van der Waals surface area (Å²) in [6, 6.07) is 0.614. The van der Waals surface area contributed by atoms with Gasteiger partial charge in [-0.25, -0.2) is 4.98 Å². The van der Waals surface area contributed by atoms with Gasteiger partial charge in [0.25, 0.3) is 0 Å². The third-order valence-electron chi connectivity index (χ3n) is 3.38. The molecule has 0 saturated carbocycles. The number of rotatable bonds is 2. The fourth-order valence-corrected chi connectivity index (χ4v) is 2.61. The molecule has 3 rings (SSSR count). The normalized spacial score (nSPS) is 19.9. The van der Waals surface area contributed by atoms with Crippen LogP contribution in [0.25, 0.3) is 11.0 Å². The third kappa shape index (κ3) is 1.50. The van der Waals surface area contributed by atoms with Gasteiger partial charge in [0, 0.05) is 17.6 Å². The molecular weight excluding hydrogens is 200 g/mol. The van der Waals surface area contributed by atoms with E-state index in [-0.39, 0.29) is 0 Å². The number of fused-ring (bicyclic) bond motifs is 3. The molecule has 0 amide bonds. The first-order valence-electron chi connectivity index (χ1n) is 5.91. The molecule has 1 aliphatic rings. The molecular formula is C12H16N4. The lowest BCUT2D eigenvalue weighted by molar-refractivity contribution is 0.471. The number of H-pyrrole nitrogens is 1. The van der Waals surface area contributed by atoms with Gasteiger partial charge in [-0.15, -0.1) is 0 Å². The van der Waals surface area contributed by atoms with Crippen LogP contribution < -0.4 is 5.32 Å². The van der Waals surface area contributed by atoms with Crippen molar-refractivity contribution in [2.45, 2.75) is 32.2 Å². The second-order valence-corrected chi connectivity index (χ2v) is 4.39. The van der Waals surface area contributed by atoms with Crippen LogP contribution in [0, 0.1) is 0 Å². The second kappa shape index (κ2) is 3.87. The van der Waals surface area contributed by atoms with Gasteiger partial charge in [-0.05, 0) is 36.9 Å². The summed E-state index contributed by atoms with van der Waals surface area (Å²) in [5.74, 6) is 0. The van der Waals surface area contributed by atoms with Crippen LogP contribution in [0.15, 0.2) is 12.4 Å². The number of aromatic amines is 1. The van der Waals surface area contributed by atoms with Crippen molar-refractivity contribution in [2.75, 3.05) is 6.54 Å². The van der Waals surface area contributed by atoms with Crippen molar-refractivity contribution in [3.8, 4) is 0 Å². The first-order valence-corrected chi connectivity index (χ1v) is 5.91. The summed E-state index contributed by atoms with van der Waals surface area (Å²) >= 11 is 0. The topological polar surface area (TPSA) is 53.6 Å². The van der Waals surface area contributed by atoms with E-state index in [0.29, 0.717) is 6.04 Å². The zero-order chi connectivity index (χ0) is 11.0. The third-order valence-corrected chi connectivity index (χ3v) is 3.38. The van der Waals surface area contributed by atoms with Crippen LogP contribution in [-0.2, 0) is 12.8 Å². The Morgan fingerprint density at radius 1 is 1.50 bits per heavy atom. The van der Waals surface area contributed by atoms with Crippen molar-refractivity contribution in [3.05, 3.63) is 23.5 Å². The van der Waals surface area contributed by atoms with Gasteiger partial charge in [-0.1, -0.05) is 6.92 Å². The quantitative estimate of drug-likeness (QED) is 0.798. The highest BCUT2D eigenvalue weighted by molar-refractivity contribution is 5.79. The molecule has 0 spiro atoms. The molecule has 0 fully saturated rings. The summed E-state index contributed by atoms with van der Waals surface area (Å²) < 4.78 is 0. The summed E-state index contributed by atoms with van der Waals surface area (Å²) in [6.07, 6.45) is 7.34. The highest BCUT2D eigenvalue weighted by atomic mass is 15.1. The van der Waals surface area contributed by atoms with Crippen molar-refractivity contribution in [2.24, 2.45) is 0 Å².